The van der Waals surface area contributed by atoms with Crippen LogP contribution in [0.15, 0.2) is 51.6 Å². The van der Waals surface area contributed by atoms with Gasteiger partial charge in [0, 0.05) is 15.8 Å². The lowest BCUT2D eigenvalue weighted by atomic mass is 9.95. The summed E-state index contributed by atoms with van der Waals surface area (Å²) in [6.45, 7) is 2.01. The number of hydrogen-bond acceptors (Lipinski definition) is 8. The molecule has 4 heterocycles. The van der Waals surface area contributed by atoms with Crippen LogP contribution in [0.1, 0.15) is 53.7 Å². The molecule has 11 heteroatoms. The van der Waals surface area contributed by atoms with Gasteiger partial charge in [-0.05, 0) is 60.0 Å². The van der Waals surface area contributed by atoms with Gasteiger partial charge in [0.1, 0.15) is 18.3 Å². The van der Waals surface area contributed by atoms with Crippen LogP contribution in [-0.2, 0) is 22.7 Å². The predicted molar refractivity (Wildman–Crippen MR) is 137 cm³/mol. The fraction of sp³-hybridized carbons (Fsp3) is 0.400. The Bertz CT molecular complexity index is 1270. The molecule has 9 nitrogen and oxygen atoms in total. The van der Waals surface area contributed by atoms with Gasteiger partial charge < -0.3 is 14.6 Å². The van der Waals surface area contributed by atoms with Gasteiger partial charge in [0.15, 0.2) is 5.76 Å². The summed E-state index contributed by atoms with van der Waals surface area (Å²) in [6.07, 6.45) is 5.37. The van der Waals surface area contributed by atoms with Gasteiger partial charge in [0.25, 0.3) is 0 Å². The summed E-state index contributed by atoms with van der Waals surface area (Å²) < 4.78 is 5.57. The number of carbonyl (C=O) groups is 2. The van der Waals surface area contributed by atoms with Crippen molar-refractivity contribution in [2.24, 2.45) is 0 Å². The molecule has 1 aliphatic carbocycles. The maximum absolute atomic E-state index is 13.7. The second kappa shape index (κ2) is 11.2. The lowest BCUT2D eigenvalue weighted by Crippen LogP contribution is -2.47. The number of nitrogens with one attached hydrogen (secondary N) is 1. The quantitative estimate of drug-likeness (QED) is 0.343. The number of tetrazole rings is 1. The van der Waals surface area contributed by atoms with Crippen molar-refractivity contribution in [2.75, 3.05) is 0 Å². The molecular weight excluding hydrogens is 496 g/mol. The molecule has 1 fully saturated rings. The summed E-state index contributed by atoms with van der Waals surface area (Å²) >= 11 is 3.03. The van der Waals surface area contributed by atoms with E-state index in [0.717, 1.165) is 41.2 Å². The summed E-state index contributed by atoms with van der Waals surface area (Å²) in [4.78, 5) is 32.1. The number of thiophene rings is 2. The van der Waals surface area contributed by atoms with Crippen molar-refractivity contribution in [1.29, 1.82) is 0 Å². The van der Waals surface area contributed by atoms with Crippen molar-refractivity contribution < 1.29 is 14.0 Å². The molecule has 188 valence electrons. The Hall–Kier alpha value is -3.31. The minimum Gasteiger partial charge on any atom is -0.458 e. The summed E-state index contributed by atoms with van der Waals surface area (Å²) in [5, 5.41) is 19.6. The van der Waals surface area contributed by atoms with Crippen LogP contribution in [0.5, 0.6) is 0 Å². The van der Waals surface area contributed by atoms with Crippen LogP contribution in [-0.4, -0.2) is 43.0 Å². The number of rotatable bonds is 9. The van der Waals surface area contributed by atoms with Gasteiger partial charge in [-0.15, -0.1) is 32.9 Å². The van der Waals surface area contributed by atoms with Crippen LogP contribution in [0, 0.1) is 6.92 Å². The standard InChI is InChI=1S/C25H28N6O3S2/c1-17-11-12-20(34-17)24-27-29-31(28-24)16-22(32)30(15-19-9-5-13-35-19)23(21-10-6-14-36-21)25(33)26-18-7-3-2-4-8-18/h5-6,9-14,18,23H,2-4,7-8,15-16H2,1H3,(H,26,33)/t23-/m0/s1. The average molecular weight is 525 g/mol. The van der Waals surface area contributed by atoms with Gasteiger partial charge in [-0.1, -0.05) is 31.4 Å². The van der Waals surface area contributed by atoms with E-state index >= 15 is 0 Å². The number of nitrogens with zero attached hydrogens (tertiary/aromatic N) is 5. The van der Waals surface area contributed by atoms with Gasteiger partial charge in [0.05, 0.1) is 6.54 Å². The van der Waals surface area contributed by atoms with Gasteiger partial charge in [-0.2, -0.15) is 4.80 Å². The zero-order chi connectivity index (χ0) is 24.9. The fourth-order valence-electron chi connectivity index (χ4n) is 4.47. The number of aryl methyl sites for hydroxylation is 1. The van der Waals surface area contributed by atoms with E-state index in [9.17, 15) is 9.59 Å². The Morgan fingerprint density at radius 1 is 1.14 bits per heavy atom. The molecule has 4 aromatic heterocycles. The van der Waals surface area contributed by atoms with Crippen molar-refractivity contribution in [3.63, 3.8) is 0 Å². The highest BCUT2D eigenvalue weighted by Gasteiger charge is 2.34. The molecule has 36 heavy (non-hydrogen) atoms. The van der Waals surface area contributed by atoms with Crippen LogP contribution in [0.3, 0.4) is 0 Å². The Balaban J connectivity index is 1.40. The SMILES string of the molecule is Cc1ccc(-c2nnn(CC(=O)N(Cc3cccs3)[C@H](C(=O)NC3CCCCC3)c3cccs3)n2)o1. The molecule has 1 aliphatic rings. The van der Waals surface area contributed by atoms with E-state index in [4.69, 9.17) is 4.42 Å². The Morgan fingerprint density at radius 3 is 2.64 bits per heavy atom. The number of amides is 2. The summed E-state index contributed by atoms with van der Waals surface area (Å²) in [7, 11) is 0. The summed E-state index contributed by atoms with van der Waals surface area (Å²) in [5.74, 6) is 1.13. The molecule has 1 atom stereocenters. The van der Waals surface area contributed by atoms with E-state index in [-0.39, 0.29) is 24.4 Å². The minimum atomic E-state index is -0.739. The molecule has 0 bridgehead atoms. The molecule has 1 N–H and O–H groups in total. The van der Waals surface area contributed by atoms with Gasteiger partial charge >= 0.3 is 0 Å². The van der Waals surface area contributed by atoms with E-state index in [0.29, 0.717) is 18.1 Å². The molecule has 1 saturated carbocycles. The Morgan fingerprint density at radius 2 is 1.94 bits per heavy atom. The number of carbonyl (C=O) groups excluding carboxylic acids is 2. The first-order valence-corrected chi connectivity index (χ1v) is 13.8. The molecule has 0 radical (unpaired) electrons. The van der Waals surface area contributed by atoms with Crippen LogP contribution < -0.4 is 5.32 Å². The topological polar surface area (TPSA) is 106 Å². The minimum absolute atomic E-state index is 0.142. The molecular formula is C25H28N6O3S2. The first-order valence-electron chi connectivity index (χ1n) is 12.1. The van der Waals surface area contributed by atoms with Crippen LogP contribution in [0.4, 0.5) is 0 Å². The zero-order valence-corrected chi connectivity index (χ0v) is 21.6. The van der Waals surface area contributed by atoms with Gasteiger partial charge in [-0.3, -0.25) is 9.59 Å². The molecule has 0 saturated heterocycles. The first-order chi connectivity index (χ1) is 17.6. The smallest absolute Gasteiger partial charge is 0.248 e. The largest absolute Gasteiger partial charge is 0.458 e. The average Bonchev–Trinajstić information content (AvgIpc) is 3.68. The first kappa shape index (κ1) is 24.4. The highest BCUT2D eigenvalue weighted by Crippen LogP contribution is 2.30. The van der Waals surface area contributed by atoms with Crippen LogP contribution in [0.2, 0.25) is 0 Å². The third kappa shape index (κ3) is 5.73. The third-order valence-electron chi connectivity index (χ3n) is 6.24. The molecule has 0 aliphatic heterocycles. The van der Waals surface area contributed by atoms with Crippen molar-refractivity contribution in [2.45, 2.75) is 64.2 Å². The number of aromatic nitrogens is 4. The molecule has 2 amide bonds. The zero-order valence-electron chi connectivity index (χ0n) is 20.0. The molecule has 0 spiro atoms. The maximum atomic E-state index is 13.7. The fourth-order valence-corrected chi connectivity index (χ4v) is 6.00. The second-order valence-electron chi connectivity index (χ2n) is 8.92. The van der Waals surface area contributed by atoms with E-state index in [1.165, 1.54) is 22.6 Å². The lowest BCUT2D eigenvalue weighted by molar-refractivity contribution is -0.142. The summed E-state index contributed by atoms with van der Waals surface area (Å²) in [5.41, 5.74) is 0. The predicted octanol–water partition coefficient (Wildman–Crippen LogP) is 4.58. The highest BCUT2D eigenvalue weighted by molar-refractivity contribution is 7.10. The number of hydrogen-bond donors (Lipinski definition) is 1. The second-order valence-corrected chi connectivity index (χ2v) is 10.9. The highest BCUT2D eigenvalue weighted by atomic mass is 32.1. The van der Waals surface area contributed by atoms with Crippen LogP contribution >= 0.6 is 22.7 Å². The van der Waals surface area contributed by atoms with Crippen molar-refractivity contribution >= 4 is 34.5 Å². The number of furan rings is 1. The molecule has 0 aromatic carbocycles. The van der Waals surface area contributed by atoms with Gasteiger partial charge in [0.2, 0.25) is 17.6 Å². The molecule has 5 rings (SSSR count). The van der Waals surface area contributed by atoms with E-state index in [1.807, 2.05) is 48.0 Å². The van der Waals surface area contributed by atoms with E-state index < -0.39 is 6.04 Å². The normalized spacial score (nSPS) is 15.0. The third-order valence-corrected chi connectivity index (χ3v) is 8.03. The molecule has 0 unspecified atom stereocenters. The Kier molecular flexibility index (Phi) is 7.57. The lowest BCUT2D eigenvalue weighted by Gasteiger charge is -2.32. The van der Waals surface area contributed by atoms with Crippen molar-refractivity contribution in [3.05, 3.63) is 62.7 Å². The van der Waals surface area contributed by atoms with Crippen molar-refractivity contribution in [3.8, 4) is 11.6 Å². The van der Waals surface area contributed by atoms with E-state index in [2.05, 4.69) is 20.7 Å². The van der Waals surface area contributed by atoms with Gasteiger partial charge in [-0.25, -0.2) is 0 Å². The van der Waals surface area contributed by atoms with E-state index in [1.54, 1.807) is 22.3 Å². The molecule has 4 aromatic rings. The monoisotopic (exact) mass is 524 g/mol. The Labute approximate surface area is 217 Å². The van der Waals surface area contributed by atoms with Crippen LogP contribution in [0.25, 0.3) is 11.6 Å². The maximum Gasteiger partial charge on any atom is 0.248 e. The van der Waals surface area contributed by atoms with Crippen molar-refractivity contribution in [1.82, 2.24) is 30.4 Å². The summed E-state index contributed by atoms with van der Waals surface area (Å²) in [6, 6.07) is 10.7.